The highest BCUT2D eigenvalue weighted by Gasteiger charge is 2.16. The van der Waals surface area contributed by atoms with Crippen molar-refractivity contribution >= 4 is 12.1 Å². The number of ether oxygens (including phenoxy) is 2. The van der Waals surface area contributed by atoms with Crippen LogP contribution in [0.3, 0.4) is 0 Å². The van der Waals surface area contributed by atoms with Gasteiger partial charge in [-0.05, 0) is 32.1 Å². The number of allylic oxidation sites excluding steroid dienone is 1. The topological polar surface area (TPSA) is 72.8 Å². The lowest BCUT2D eigenvalue weighted by Crippen LogP contribution is -2.20. The quantitative estimate of drug-likeness (QED) is 0.273. The number of aliphatic carboxylic acids is 1. The number of carboxylic acids is 1. The Hall–Kier alpha value is -1.52. The normalized spacial score (nSPS) is 12.3. The molecule has 0 aromatic rings. The number of rotatable bonds is 14. The lowest BCUT2D eigenvalue weighted by Gasteiger charge is -2.16. The number of carboxylic acid groups (broad SMARTS) is 1. The van der Waals surface area contributed by atoms with E-state index in [1.807, 2.05) is 19.1 Å². The molecule has 0 aliphatic rings. The Balaban J connectivity index is 4.03. The molecule has 0 saturated carbocycles. The van der Waals surface area contributed by atoms with Gasteiger partial charge in [0.05, 0.1) is 6.61 Å². The summed E-state index contributed by atoms with van der Waals surface area (Å²) in [6.45, 7) is 4.49. The molecule has 0 saturated heterocycles. The van der Waals surface area contributed by atoms with Crippen LogP contribution < -0.4 is 0 Å². The van der Waals surface area contributed by atoms with Crippen molar-refractivity contribution in [2.45, 2.75) is 84.2 Å². The SMILES string of the molecule is CC/C=C/CCOC(=O)OC(CCCCCCC)CCC(=O)O. The van der Waals surface area contributed by atoms with Crippen molar-refractivity contribution < 1.29 is 24.2 Å². The third kappa shape index (κ3) is 15.2. The van der Waals surface area contributed by atoms with Gasteiger partial charge in [0.2, 0.25) is 0 Å². The molecule has 0 aliphatic heterocycles. The zero-order chi connectivity index (χ0) is 17.3. The summed E-state index contributed by atoms with van der Waals surface area (Å²) in [4.78, 5) is 22.3. The number of hydrogen-bond donors (Lipinski definition) is 1. The van der Waals surface area contributed by atoms with E-state index in [-0.39, 0.29) is 19.1 Å². The first-order valence-electron chi connectivity index (χ1n) is 8.80. The lowest BCUT2D eigenvalue weighted by molar-refractivity contribution is -0.137. The Morgan fingerprint density at radius 1 is 1.04 bits per heavy atom. The third-order valence-electron chi connectivity index (χ3n) is 3.48. The largest absolute Gasteiger partial charge is 0.508 e. The van der Waals surface area contributed by atoms with E-state index in [9.17, 15) is 9.59 Å². The van der Waals surface area contributed by atoms with E-state index >= 15 is 0 Å². The molecule has 0 aromatic heterocycles. The van der Waals surface area contributed by atoms with Crippen LogP contribution in [-0.4, -0.2) is 29.9 Å². The highest BCUT2D eigenvalue weighted by atomic mass is 16.7. The van der Waals surface area contributed by atoms with Crippen LogP contribution in [0.5, 0.6) is 0 Å². The first-order valence-corrected chi connectivity index (χ1v) is 8.80. The summed E-state index contributed by atoms with van der Waals surface area (Å²) in [5.41, 5.74) is 0. The summed E-state index contributed by atoms with van der Waals surface area (Å²) in [6, 6.07) is 0. The molecule has 0 aliphatic carbocycles. The van der Waals surface area contributed by atoms with E-state index in [0.29, 0.717) is 19.3 Å². The van der Waals surface area contributed by atoms with E-state index in [0.717, 1.165) is 25.7 Å². The maximum atomic E-state index is 11.7. The fourth-order valence-electron chi connectivity index (χ4n) is 2.19. The highest BCUT2D eigenvalue weighted by molar-refractivity contribution is 5.66. The maximum absolute atomic E-state index is 11.7. The van der Waals surface area contributed by atoms with Gasteiger partial charge in [-0.1, -0.05) is 51.7 Å². The van der Waals surface area contributed by atoms with Gasteiger partial charge in [-0.2, -0.15) is 0 Å². The summed E-state index contributed by atoms with van der Waals surface area (Å²) in [6.07, 6.45) is 11.1. The van der Waals surface area contributed by atoms with Gasteiger partial charge in [0.1, 0.15) is 6.10 Å². The third-order valence-corrected chi connectivity index (χ3v) is 3.48. The average Bonchev–Trinajstić information content (AvgIpc) is 2.51. The van der Waals surface area contributed by atoms with Gasteiger partial charge >= 0.3 is 12.1 Å². The molecule has 5 heteroatoms. The van der Waals surface area contributed by atoms with Crippen molar-refractivity contribution in [1.29, 1.82) is 0 Å². The Bertz CT molecular complexity index is 338. The van der Waals surface area contributed by atoms with Crippen molar-refractivity contribution in [3.8, 4) is 0 Å². The highest BCUT2D eigenvalue weighted by Crippen LogP contribution is 2.14. The van der Waals surface area contributed by atoms with E-state index in [4.69, 9.17) is 14.6 Å². The van der Waals surface area contributed by atoms with Gasteiger partial charge in [0, 0.05) is 6.42 Å². The van der Waals surface area contributed by atoms with Crippen LogP contribution in [0.25, 0.3) is 0 Å². The molecule has 0 rings (SSSR count). The Kier molecular flexibility index (Phi) is 14.4. The van der Waals surface area contributed by atoms with E-state index in [1.165, 1.54) is 12.8 Å². The van der Waals surface area contributed by atoms with Crippen molar-refractivity contribution in [1.82, 2.24) is 0 Å². The molecular weight excluding hydrogens is 296 g/mol. The molecule has 0 spiro atoms. The van der Waals surface area contributed by atoms with Gasteiger partial charge in [-0.3, -0.25) is 4.79 Å². The first kappa shape index (κ1) is 21.5. The second kappa shape index (κ2) is 15.4. The Morgan fingerprint density at radius 3 is 2.43 bits per heavy atom. The van der Waals surface area contributed by atoms with Gasteiger partial charge < -0.3 is 14.6 Å². The number of carbonyl (C=O) groups excluding carboxylic acids is 1. The number of carbonyl (C=O) groups is 2. The van der Waals surface area contributed by atoms with Crippen LogP contribution >= 0.6 is 0 Å². The molecular formula is C18H32O5. The second-order valence-electron chi connectivity index (χ2n) is 5.64. The Labute approximate surface area is 140 Å². The first-order chi connectivity index (χ1) is 11.1. The van der Waals surface area contributed by atoms with E-state index in [1.54, 1.807) is 0 Å². The van der Waals surface area contributed by atoms with Crippen LogP contribution in [0.2, 0.25) is 0 Å². The standard InChI is InChI=1S/C18H32O5/c1-3-5-7-9-10-12-16(13-14-17(19)20)23-18(21)22-15-11-8-6-4-2/h6,8,16H,3-5,7,9-15H2,1-2H3,(H,19,20)/b8-6+. The molecule has 0 heterocycles. The predicted octanol–water partition coefficient (Wildman–Crippen LogP) is 5.09. The van der Waals surface area contributed by atoms with Crippen LogP contribution in [0.15, 0.2) is 12.2 Å². The Morgan fingerprint density at radius 2 is 1.78 bits per heavy atom. The fourth-order valence-corrected chi connectivity index (χ4v) is 2.19. The summed E-state index contributed by atoms with van der Waals surface area (Å²) in [5, 5.41) is 8.78. The van der Waals surface area contributed by atoms with Crippen LogP contribution in [0, 0.1) is 0 Å². The predicted molar refractivity (Wildman–Crippen MR) is 90.5 cm³/mol. The average molecular weight is 328 g/mol. The van der Waals surface area contributed by atoms with E-state index < -0.39 is 12.1 Å². The van der Waals surface area contributed by atoms with Crippen molar-refractivity contribution in [2.24, 2.45) is 0 Å². The minimum Gasteiger partial charge on any atom is -0.481 e. The zero-order valence-electron chi connectivity index (χ0n) is 14.6. The van der Waals surface area contributed by atoms with Crippen molar-refractivity contribution in [3.05, 3.63) is 12.2 Å². The summed E-state index contributed by atoms with van der Waals surface area (Å²) < 4.78 is 10.3. The molecule has 23 heavy (non-hydrogen) atoms. The molecule has 5 nitrogen and oxygen atoms in total. The van der Waals surface area contributed by atoms with Gasteiger partial charge in [-0.25, -0.2) is 4.79 Å². The van der Waals surface area contributed by atoms with E-state index in [2.05, 4.69) is 6.92 Å². The minimum atomic E-state index is -0.873. The number of unbranched alkanes of at least 4 members (excludes halogenated alkanes) is 4. The van der Waals surface area contributed by atoms with Crippen molar-refractivity contribution in [3.63, 3.8) is 0 Å². The van der Waals surface area contributed by atoms with Gasteiger partial charge in [0.25, 0.3) is 0 Å². The molecule has 1 atom stereocenters. The molecule has 0 amide bonds. The molecule has 134 valence electrons. The fraction of sp³-hybridized carbons (Fsp3) is 0.778. The maximum Gasteiger partial charge on any atom is 0.508 e. The molecule has 0 radical (unpaired) electrons. The summed E-state index contributed by atoms with van der Waals surface area (Å²) in [5.74, 6) is -0.873. The molecule has 1 unspecified atom stereocenters. The van der Waals surface area contributed by atoms with Gasteiger partial charge in [-0.15, -0.1) is 0 Å². The van der Waals surface area contributed by atoms with Crippen molar-refractivity contribution in [2.75, 3.05) is 6.61 Å². The number of hydrogen-bond acceptors (Lipinski definition) is 4. The zero-order valence-corrected chi connectivity index (χ0v) is 14.6. The molecule has 0 aromatic carbocycles. The minimum absolute atomic E-state index is 0.00610. The van der Waals surface area contributed by atoms with Gasteiger partial charge in [0.15, 0.2) is 0 Å². The summed E-state index contributed by atoms with van der Waals surface area (Å²) in [7, 11) is 0. The molecule has 0 fully saturated rings. The monoisotopic (exact) mass is 328 g/mol. The molecule has 0 bridgehead atoms. The second-order valence-corrected chi connectivity index (χ2v) is 5.64. The molecule has 1 N–H and O–H groups in total. The smallest absolute Gasteiger partial charge is 0.481 e. The lowest BCUT2D eigenvalue weighted by atomic mass is 10.0. The van der Waals surface area contributed by atoms with Crippen LogP contribution in [-0.2, 0) is 14.3 Å². The van der Waals surface area contributed by atoms with Crippen LogP contribution in [0.4, 0.5) is 4.79 Å². The summed E-state index contributed by atoms with van der Waals surface area (Å²) >= 11 is 0. The van der Waals surface area contributed by atoms with Crippen LogP contribution in [0.1, 0.15) is 78.1 Å².